The smallest absolute Gasteiger partial charge is 0.227 e. The monoisotopic (exact) mass is 345 g/mol. The number of rotatable bonds is 7. The van der Waals surface area contributed by atoms with E-state index in [1.807, 2.05) is 19.9 Å². The number of benzene rings is 2. The molecule has 2 aromatic rings. The first-order chi connectivity index (χ1) is 11.9. The van der Waals surface area contributed by atoms with Gasteiger partial charge in [-0.15, -0.1) is 0 Å². The van der Waals surface area contributed by atoms with Crippen molar-refractivity contribution < 1.29 is 19.0 Å². The topological polar surface area (TPSA) is 58.6 Å². The van der Waals surface area contributed by atoms with E-state index in [9.17, 15) is 14.3 Å². The van der Waals surface area contributed by atoms with E-state index >= 15 is 0 Å². The van der Waals surface area contributed by atoms with Gasteiger partial charge in [0, 0.05) is 6.54 Å². The molecule has 0 radical (unpaired) electrons. The van der Waals surface area contributed by atoms with Crippen LogP contribution in [-0.4, -0.2) is 23.7 Å². The molecule has 0 saturated heterocycles. The fourth-order valence-electron chi connectivity index (χ4n) is 2.46. The molecular formula is C20H24FNO3. The Hall–Kier alpha value is -2.40. The number of hydrogen-bond donors (Lipinski definition) is 2. The number of aliphatic hydroxyl groups is 1. The van der Waals surface area contributed by atoms with Crippen LogP contribution >= 0.6 is 0 Å². The summed E-state index contributed by atoms with van der Waals surface area (Å²) in [6.07, 6.45) is -0.807. The predicted molar refractivity (Wildman–Crippen MR) is 95.0 cm³/mol. The van der Waals surface area contributed by atoms with E-state index in [0.29, 0.717) is 16.9 Å². The van der Waals surface area contributed by atoms with Gasteiger partial charge in [0.25, 0.3) is 0 Å². The van der Waals surface area contributed by atoms with Gasteiger partial charge in [-0.3, -0.25) is 4.79 Å². The molecule has 0 aliphatic rings. The van der Waals surface area contributed by atoms with Crippen LogP contribution < -0.4 is 10.1 Å². The van der Waals surface area contributed by atoms with Gasteiger partial charge in [-0.25, -0.2) is 4.39 Å². The number of amides is 1. The number of ether oxygens (including phenoxy) is 1. The van der Waals surface area contributed by atoms with E-state index in [1.165, 1.54) is 12.1 Å². The van der Waals surface area contributed by atoms with Crippen molar-refractivity contribution in [3.63, 3.8) is 0 Å². The molecule has 2 aromatic carbocycles. The van der Waals surface area contributed by atoms with Gasteiger partial charge in [-0.2, -0.15) is 0 Å². The lowest BCUT2D eigenvalue weighted by Gasteiger charge is -2.17. The van der Waals surface area contributed by atoms with Crippen molar-refractivity contribution in [1.82, 2.24) is 5.32 Å². The van der Waals surface area contributed by atoms with Crippen molar-refractivity contribution in [3.8, 4) is 5.75 Å². The molecule has 0 bridgehead atoms. The molecule has 2 rings (SSSR count). The highest BCUT2D eigenvalue weighted by Crippen LogP contribution is 2.21. The summed E-state index contributed by atoms with van der Waals surface area (Å²) < 4.78 is 18.9. The maximum absolute atomic E-state index is 13.3. The molecule has 0 spiro atoms. The highest BCUT2D eigenvalue weighted by molar-refractivity contribution is 5.83. The van der Waals surface area contributed by atoms with Gasteiger partial charge in [0.2, 0.25) is 5.91 Å². The van der Waals surface area contributed by atoms with E-state index in [0.717, 1.165) is 0 Å². The molecule has 2 atom stereocenters. The Morgan fingerprint density at radius 1 is 1.12 bits per heavy atom. The first kappa shape index (κ1) is 18.9. The van der Waals surface area contributed by atoms with Crippen LogP contribution in [0.15, 0.2) is 48.5 Å². The second kappa shape index (κ2) is 8.62. The number of aliphatic hydroxyl groups excluding tert-OH is 1. The third kappa shape index (κ3) is 5.57. The van der Waals surface area contributed by atoms with Crippen LogP contribution in [0.4, 0.5) is 4.39 Å². The van der Waals surface area contributed by atoms with Crippen LogP contribution in [-0.2, 0) is 4.79 Å². The summed E-state index contributed by atoms with van der Waals surface area (Å²) in [6.45, 7) is 5.63. The zero-order valence-corrected chi connectivity index (χ0v) is 14.7. The Labute approximate surface area is 147 Å². The predicted octanol–water partition coefficient (Wildman–Crippen LogP) is 3.57. The molecule has 134 valence electrons. The van der Waals surface area contributed by atoms with Crippen molar-refractivity contribution in [3.05, 3.63) is 65.5 Å². The molecule has 0 heterocycles. The third-order valence-electron chi connectivity index (χ3n) is 3.83. The van der Waals surface area contributed by atoms with Gasteiger partial charge in [-0.1, -0.05) is 24.3 Å². The molecule has 0 saturated carbocycles. The van der Waals surface area contributed by atoms with Crippen LogP contribution in [0.2, 0.25) is 0 Å². The summed E-state index contributed by atoms with van der Waals surface area (Å²) in [6, 6.07) is 13.1. The van der Waals surface area contributed by atoms with Crippen molar-refractivity contribution in [1.29, 1.82) is 0 Å². The highest BCUT2D eigenvalue weighted by atomic mass is 19.1. The average molecular weight is 345 g/mol. The normalized spacial score (nSPS) is 13.4. The van der Waals surface area contributed by atoms with Crippen LogP contribution in [0, 0.1) is 5.82 Å². The standard InChI is InChI=1S/C20H24FNO3/c1-13(2)25-18-9-5-7-16(11-18)19(23)12-22-20(24)14(3)15-6-4-8-17(21)10-15/h4-11,13-14,19,23H,12H2,1-3H3,(H,22,24). The molecule has 25 heavy (non-hydrogen) atoms. The van der Waals surface area contributed by atoms with E-state index < -0.39 is 12.0 Å². The molecular weight excluding hydrogens is 321 g/mol. The Morgan fingerprint density at radius 2 is 1.80 bits per heavy atom. The summed E-state index contributed by atoms with van der Waals surface area (Å²) in [5, 5.41) is 13.0. The Balaban J connectivity index is 1.95. The fraction of sp³-hybridized carbons (Fsp3) is 0.350. The first-order valence-electron chi connectivity index (χ1n) is 8.34. The minimum absolute atomic E-state index is 0.0409. The van der Waals surface area contributed by atoms with Crippen LogP contribution in [0.1, 0.15) is 43.9 Å². The summed E-state index contributed by atoms with van der Waals surface area (Å²) in [4.78, 5) is 12.2. The zero-order chi connectivity index (χ0) is 18.4. The number of nitrogens with one attached hydrogen (secondary N) is 1. The number of halogens is 1. The summed E-state index contributed by atoms with van der Waals surface area (Å²) in [5.74, 6) is -0.470. The second-order valence-corrected chi connectivity index (χ2v) is 6.28. The number of carbonyl (C=O) groups is 1. The van der Waals surface area contributed by atoms with Gasteiger partial charge < -0.3 is 15.2 Å². The molecule has 0 aliphatic carbocycles. The molecule has 2 N–H and O–H groups in total. The molecule has 0 aromatic heterocycles. The maximum atomic E-state index is 13.3. The van der Waals surface area contributed by atoms with Gasteiger partial charge >= 0.3 is 0 Å². The quantitative estimate of drug-likeness (QED) is 0.807. The fourth-order valence-corrected chi connectivity index (χ4v) is 2.46. The van der Waals surface area contributed by atoms with E-state index in [-0.39, 0.29) is 24.4 Å². The first-order valence-corrected chi connectivity index (χ1v) is 8.34. The van der Waals surface area contributed by atoms with E-state index in [2.05, 4.69) is 5.32 Å². The van der Waals surface area contributed by atoms with Crippen LogP contribution in [0.25, 0.3) is 0 Å². The van der Waals surface area contributed by atoms with Gasteiger partial charge in [0.05, 0.1) is 18.1 Å². The lowest BCUT2D eigenvalue weighted by atomic mass is 10.00. The number of hydrogen-bond acceptors (Lipinski definition) is 3. The Morgan fingerprint density at radius 3 is 2.48 bits per heavy atom. The molecule has 1 amide bonds. The van der Waals surface area contributed by atoms with Gasteiger partial charge in [0.1, 0.15) is 11.6 Å². The van der Waals surface area contributed by atoms with Crippen LogP contribution in [0.3, 0.4) is 0 Å². The summed E-state index contributed by atoms with van der Waals surface area (Å²) in [7, 11) is 0. The highest BCUT2D eigenvalue weighted by Gasteiger charge is 2.17. The van der Waals surface area contributed by atoms with Crippen molar-refractivity contribution in [2.75, 3.05) is 6.54 Å². The van der Waals surface area contributed by atoms with Crippen molar-refractivity contribution in [2.45, 2.75) is 38.9 Å². The van der Waals surface area contributed by atoms with Crippen molar-refractivity contribution >= 4 is 5.91 Å². The minimum Gasteiger partial charge on any atom is -0.491 e. The van der Waals surface area contributed by atoms with Crippen molar-refractivity contribution in [2.24, 2.45) is 0 Å². The lowest BCUT2D eigenvalue weighted by Crippen LogP contribution is -2.31. The lowest BCUT2D eigenvalue weighted by molar-refractivity contribution is -0.122. The molecule has 5 heteroatoms. The van der Waals surface area contributed by atoms with Crippen LogP contribution in [0.5, 0.6) is 5.75 Å². The van der Waals surface area contributed by atoms with Gasteiger partial charge in [-0.05, 0) is 56.2 Å². The second-order valence-electron chi connectivity index (χ2n) is 6.28. The van der Waals surface area contributed by atoms with Gasteiger partial charge in [0.15, 0.2) is 0 Å². The average Bonchev–Trinajstić information content (AvgIpc) is 2.58. The Kier molecular flexibility index (Phi) is 6.53. The maximum Gasteiger partial charge on any atom is 0.227 e. The third-order valence-corrected chi connectivity index (χ3v) is 3.83. The van der Waals surface area contributed by atoms with E-state index in [4.69, 9.17) is 4.74 Å². The SMILES string of the molecule is CC(C)Oc1cccc(C(O)CNC(=O)C(C)c2cccc(F)c2)c1. The molecule has 0 aliphatic heterocycles. The number of carbonyl (C=O) groups excluding carboxylic acids is 1. The molecule has 0 fully saturated rings. The Bertz CT molecular complexity index is 718. The van der Waals surface area contributed by atoms with E-state index in [1.54, 1.807) is 37.3 Å². The zero-order valence-electron chi connectivity index (χ0n) is 14.7. The minimum atomic E-state index is -0.848. The molecule has 2 unspecified atom stereocenters. The summed E-state index contributed by atoms with van der Waals surface area (Å²) >= 11 is 0. The molecule has 4 nitrogen and oxygen atoms in total. The summed E-state index contributed by atoms with van der Waals surface area (Å²) in [5.41, 5.74) is 1.26. The largest absolute Gasteiger partial charge is 0.491 e.